The Bertz CT molecular complexity index is 970. The van der Waals surface area contributed by atoms with Crippen LogP contribution in [0.4, 0.5) is 9.80 Å². The van der Waals surface area contributed by atoms with Gasteiger partial charge in [-0.25, -0.2) is 4.79 Å². The van der Waals surface area contributed by atoms with Gasteiger partial charge < -0.3 is 20.7 Å². The van der Waals surface area contributed by atoms with Gasteiger partial charge in [-0.05, 0) is 29.7 Å². The number of anilines is 1. The first-order valence-corrected chi connectivity index (χ1v) is 9.61. The SMILES string of the molecule is COC(=O)N1CCc2c(sc(NC(=O)/C=C/c3ccccc3Cl)c2C(N)=O)C1. The number of nitrogens with two attached hydrogens (primary N) is 1. The molecule has 1 aromatic carbocycles. The topological polar surface area (TPSA) is 102 Å². The molecule has 3 rings (SSSR count). The van der Waals surface area contributed by atoms with E-state index in [-0.39, 0.29) is 0 Å². The maximum atomic E-state index is 12.3. The number of benzene rings is 1. The molecule has 2 heterocycles. The van der Waals surface area contributed by atoms with E-state index in [4.69, 9.17) is 22.1 Å². The predicted molar refractivity (Wildman–Crippen MR) is 108 cm³/mol. The molecule has 0 aliphatic carbocycles. The minimum Gasteiger partial charge on any atom is -0.453 e. The molecule has 0 saturated heterocycles. The molecule has 0 saturated carbocycles. The van der Waals surface area contributed by atoms with Crippen LogP contribution in [-0.4, -0.2) is 36.5 Å². The van der Waals surface area contributed by atoms with E-state index in [0.717, 1.165) is 10.4 Å². The maximum absolute atomic E-state index is 12.3. The van der Waals surface area contributed by atoms with E-state index in [1.807, 2.05) is 6.07 Å². The number of hydrogen-bond donors (Lipinski definition) is 2. The van der Waals surface area contributed by atoms with Gasteiger partial charge in [-0.1, -0.05) is 29.8 Å². The number of thiophene rings is 1. The van der Waals surface area contributed by atoms with Crippen LogP contribution in [0.3, 0.4) is 0 Å². The smallest absolute Gasteiger partial charge is 0.409 e. The van der Waals surface area contributed by atoms with Gasteiger partial charge in [0.05, 0.1) is 19.2 Å². The molecule has 3 N–H and O–H groups in total. The quantitative estimate of drug-likeness (QED) is 0.742. The number of primary amides is 1. The van der Waals surface area contributed by atoms with E-state index in [2.05, 4.69) is 5.32 Å². The Hall–Kier alpha value is -2.84. The van der Waals surface area contributed by atoms with Crippen molar-refractivity contribution in [3.05, 3.63) is 56.9 Å². The third kappa shape index (κ3) is 4.18. The molecule has 0 spiro atoms. The van der Waals surface area contributed by atoms with E-state index in [0.29, 0.717) is 40.7 Å². The molecule has 146 valence electrons. The van der Waals surface area contributed by atoms with Gasteiger partial charge in [0, 0.05) is 22.5 Å². The van der Waals surface area contributed by atoms with Gasteiger partial charge in [-0.2, -0.15) is 0 Å². The summed E-state index contributed by atoms with van der Waals surface area (Å²) in [5.74, 6) is -1.03. The van der Waals surface area contributed by atoms with Crippen molar-refractivity contribution in [2.24, 2.45) is 5.73 Å². The van der Waals surface area contributed by atoms with Crippen LogP contribution in [0, 0.1) is 0 Å². The summed E-state index contributed by atoms with van der Waals surface area (Å²) in [5, 5.41) is 3.61. The van der Waals surface area contributed by atoms with E-state index in [1.54, 1.807) is 24.3 Å². The number of ether oxygens (including phenoxy) is 1. The van der Waals surface area contributed by atoms with Gasteiger partial charge in [-0.3, -0.25) is 9.59 Å². The number of carbonyl (C=O) groups excluding carboxylic acids is 3. The number of fused-ring (bicyclic) bond motifs is 1. The maximum Gasteiger partial charge on any atom is 0.409 e. The molecule has 0 radical (unpaired) electrons. The summed E-state index contributed by atoms with van der Waals surface area (Å²) < 4.78 is 4.75. The Morgan fingerprint density at radius 2 is 2.07 bits per heavy atom. The summed E-state index contributed by atoms with van der Waals surface area (Å²) in [6, 6.07) is 7.12. The number of nitrogens with zero attached hydrogens (tertiary/aromatic N) is 1. The Balaban J connectivity index is 1.81. The normalized spacial score (nSPS) is 13.3. The molecule has 9 heteroatoms. The van der Waals surface area contributed by atoms with Crippen LogP contribution in [-0.2, 0) is 22.5 Å². The number of rotatable bonds is 4. The first-order valence-electron chi connectivity index (χ1n) is 8.41. The van der Waals surface area contributed by atoms with Crippen molar-refractivity contribution in [1.29, 1.82) is 0 Å². The molecule has 1 aromatic heterocycles. The van der Waals surface area contributed by atoms with E-state index < -0.39 is 17.9 Å². The monoisotopic (exact) mass is 419 g/mol. The number of amides is 3. The van der Waals surface area contributed by atoms with Crippen molar-refractivity contribution in [1.82, 2.24) is 4.90 Å². The number of methoxy groups -OCH3 is 1. The third-order valence-electron chi connectivity index (χ3n) is 4.29. The molecule has 0 bridgehead atoms. The Morgan fingerprint density at radius 1 is 1.32 bits per heavy atom. The van der Waals surface area contributed by atoms with Crippen molar-refractivity contribution in [3.8, 4) is 0 Å². The standard InChI is InChI=1S/C19H18ClN3O4S/c1-27-19(26)23-9-8-12-14(10-23)28-18(16(12)17(21)25)22-15(24)7-6-11-4-2-3-5-13(11)20/h2-7H,8-10H2,1H3,(H2,21,25)(H,22,24)/b7-6+. The van der Waals surface area contributed by atoms with E-state index in [9.17, 15) is 14.4 Å². The molecule has 3 amide bonds. The number of hydrogen-bond acceptors (Lipinski definition) is 5. The Labute approximate surface area is 170 Å². The minimum absolute atomic E-state index is 0.295. The zero-order valence-electron chi connectivity index (χ0n) is 15.0. The van der Waals surface area contributed by atoms with Crippen molar-refractivity contribution < 1.29 is 19.1 Å². The molecular weight excluding hydrogens is 402 g/mol. The number of carbonyl (C=O) groups is 3. The van der Waals surface area contributed by atoms with Crippen LogP contribution in [0.1, 0.15) is 26.4 Å². The summed E-state index contributed by atoms with van der Waals surface area (Å²) in [4.78, 5) is 38.4. The molecule has 0 fully saturated rings. The third-order valence-corrected chi connectivity index (χ3v) is 5.77. The lowest BCUT2D eigenvalue weighted by Crippen LogP contribution is -2.35. The molecule has 2 aromatic rings. The zero-order chi connectivity index (χ0) is 20.3. The highest BCUT2D eigenvalue weighted by atomic mass is 35.5. The lowest BCUT2D eigenvalue weighted by molar-refractivity contribution is -0.111. The summed E-state index contributed by atoms with van der Waals surface area (Å²) in [6.45, 7) is 0.717. The molecule has 28 heavy (non-hydrogen) atoms. The van der Waals surface area contributed by atoms with Crippen LogP contribution in [0.5, 0.6) is 0 Å². The second-order valence-corrected chi connectivity index (χ2v) is 7.57. The van der Waals surface area contributed by atoms with Gasteiger partial charge in [0.2, 0.25) is 5.91 Å². The van der Waals surface area contributed by atoms with Crippen molar-refractivity contribution in [2.45, 2.75) is 13.0 Å². The van der Waals surface area contributed by atoms with Crippen molar-refractivity contribution in [2.75, 3.05) is 19.0 Å². The highest BCUT2D eigenvalue weighted by molar-refractivity contribution is 7.17. The first-order chi connectivity index (χ1) is 13.4. The fourth-order valence-corrected chi connectivity index (χ4v) is 4.44. The second kappa shape index (κ2) is 8.45. The molecular formula is C19H18ClN3O4S. The van der Waals surface area contributed by atoms with Gasteiger partial charge in [-0.15, -0.1) is 11.3 Å². The van der Waals surface area contributed by atoms with E-state index >= 15 is 0 Å². The second-order valence-electron chi connectivity index (χ2n) is 6.06. The number of nitrogens with one attached hydrogen (secondary N) is 1. The van der Waals surface area contributed by atoms with Crippen molar-refractivity contribution >= 4 is 51.9 Å². The Morgan fingerprint density at radius 3 is 2.75 bits per heavy atom. The summed E-state index contributed by atoms with van der Waals surface area (Å²) in [6.07, 6.45) is 2.96. The molecule has 0 atom stereocenters. The van der Waals surface area contributed by atoms with Gasteiger partial charge in [0.1, 0.15) is 5.00 Å². The molecule has 0 unspecified atom stereocenters. The van der Waals surface area contributed by atoms with Crippen LogP contribution in [0.2, 0.25) is 5.02 Å². The van der Waals surface area contributed by atoms with Crippen LogP contribution >= 0.6 is 22.9 Å². The first kappa shape index (κ1) is 19.9. The average Bonchev–Trinajstić information content (AvgIpc) is 3.03. The largest absolute Gasteiger partial charge is 0.453 e. The highest BCUT2D eigenvalue weighted by Crippen LogP contribution is 2.37. The van der Waals surface area contributed by atoms with Crippen LogP contribution in [0.15, 0.2) is 30.3 Å². The number of halogens is 1. The predicted octanol–water partition coefficient (Wildman–Crippen LogP) is 3.28. The van der Waals surface area contributed by atoms with Crippen molar-refractivity contribution in [3.63, 3.8) is 0 Å². The molecule has 1 aliphatic rings. The fourth-order valence-electron chi connectivity index (χ4n) is 2.97. The van der Waals surface area contributed by atoms with Crippen LogP contribution in [0.25, 0.3) is 6.08 Å². The highest BCUT2D eigenvalue weighted by Gasteiger charge is 2.29. The van der Waals surface area contributed by atoms with E-state index in [1.165, 1.54) is 29.4 Å². The molecule has 7 nitrogen and oxygen atoms in total. The van der Waals surface area contributed by atoms with Gasteiger partial charge in [0.15, 0.2) is 0 Å². The zero-order valence-corrected chi connectivity index (χ0v) is 16.6. The summed E-state index contributed by atoms with van der Waals surface area (Å²) in [5.41, 5.74) is 7.30. The summed E-state index contributed by atoms with van der Waals surface area (Å²) >= 11 is 7.30. The minimum atomic E-state index is -0.616. The lowest BCUT2D eigenvalue weighted by Gasteiger charge is -2.25. The van der Waals surface area contributed by atoms with Crippen LogP contribution < -0.4 is 11.1 Å². The fraction of sp³-hybridized carbons (Fsp3) is 0.211. The Kier molecular flexibility index (Phi) is 6.01. The average molecular weight is 420 g/mol. The van der Waals surface area contributed by atoms with Gasteiger partial charge in [0.25, 0.3) is 5.91 Å². The lowest BCUT2D eigenvalue weighted by atomic mass is 10.0. The molecule has 1 aliphatic heterocycles. The summed E-state index contributed by atoms with van der Waals surface area (Å²) in [7, 11) is 1.32. The van der Waals surface area contributed by atoms with Gasteiger partial charge >= 0.3 is 6.09 Å².